The summed E-state index contributed by atoms with van der Waals surface area (Å²) in [5.74, 6) is 1.05. The third-order valence-electron chi connectivity index (χ3n) is 5.72. The number of sulfone groups is 1. The fourth-order valence-corrected chi connectivity index (χ4v) is 5.36. The number of halogens is 3. The van der Waals surface area contributed by atoms with Gasteiger partial charge in [-0.3, -0.25) is 4.99 Å². The predicted octanol–water partition coefficient (Wildman–Crippen LogP) is 6.81. The zero-order valence-electron chi connectivity index (χ0n) is 20.1. The molecule has 2 aromatic carbocycles. The lowest BCUT2D eigenvalue weighted by atomic mass is 9.83. The Labute approximate surface area is 222 Å². The highest BCUT2D eigenvalue weighted by Crippen LogP contribution is 2.34. The highest BCUT2D eigenvalue weighted by Gasteiger charge is 2.30. The second-order valence-corrected chi connectivity index (χ2v) is 12.1. The van der Waals surface area contributed by atoms with Gasteiger partial charge in [0, 0.05) is 34.8 Å². The molecule has 188 valence electrons. The highest BCUT2D eigenvalue weighted by atomic mass is 35.5. The Kier molecular flexibility index (Phi) is 8.97. The summed E-state index contributed by atoms with van der Waals surface area (Å²) in [4.78, 5) is 5.11. The minimum Gasteiger partial charge on any atom is -0.493 e. The summed E-state index contributed by atoms with van der Waals surface area (Å²) in [6, 6.07) is 10.5. The molecule has 0 heterocycles. The molecule has 1 unspecified atom stereocenters. The Morgan fingerprint density at radius 3 is 2.43 bits per heavy atom. The zero-order valence-corrected chi connectivity index (χ0v) is 23.2. The van der Waals surface area contributed by atoms with E-state index in [4.69, 9.17) is 44.5 Å². The molecule has 1 aliphatic carbocycles. The molecule has 0 bridgehead atoms. The van der Waals surface area contributed by atoms with E-state index in [1.54, 1.807) is 0 Å². The van der Waals surface area contributed by atoms with Gasteiger partial charge in [-0.1, -0.05) is 59.1 Å². The van der Waals surface area contributed by atoms with Crippen LogP contribution in [-0.2, 0) is 16.4 Å². The molecule has 3 rings (SSSR count). The first-order valence-corrected chi connectivity index (χ1v) is 14.2. The molecular weight excluding hydrogens is 527 g/mol. The molecule has 1 atom stereocenters. The maximum Gasteiger partial charge on any atom is 0.177 e. The van der Waals surface area contributed by atoms with Crippen LogP contribution >= 0.6 is 34.8 Å². The van der Waals surface area contributed by atoms with Gasteiger partial charge in [-0.25, -0.2) is 8.42 Å². The van der Waals surface area contributed by atoms with Crippen LogP contribution in [0, 0.1) is 5.92 Å². The van der Waals surface area contributed by atoms with E-state index >= 15 is 0 Å². The van der Waals surface area contributed by atoms with E-state index in [1.165, 1.54) is 12.1 Å². The molecule has 0 spiro atoms. The molecule has 0 aliphatic heterocycles. The Morgan fingerprint density at radius 2 is 1.86 bits per heavy atom. The average Bonchev–Trinajstić information content (AvgIpc) is 2.77. The molecule has 0 fully saturated rings. The van der Waals surface area contributed by atoms with E-state index in [-0.39, 0.29) is 15.8 Å². The van der Waals surface area contributed by atoms with Crippen LogP contribution in [0.1, 0.15) is 38.3 Å². The van der Waals surface area contributed by atoms with Gasteiger partial charge in [-0.2, -0.15) is 0 Å². The van der Waals surface area contributed by atoms with E-state index in [0.29, 0.717) is 40.4 Å². The Bertz CT molecular complexity index is 1270. The number of nitrogens with zero attached hydrogens (tertiary/aromatic N) is 1. The number of nitrogens with one attached hydrogen (secondary N) is 1. The van der Waals surface area contributed by atoms with E-state index in [0.717, 1.165) is 18.2 Å². The number of hydrogen-bond acceptors (Lipinski definition) is 4. The molecule has 1 N–H and O–H groups in total. The van der Waals surface area contributed by atoms with Gasteiger partial charge >= 0.3 is 0 Å². The minimum atomic E-state index is -3.58. The van der Waals surface area contributed by atoms with E-state index in [9.17, 15) is 8.42 Å². The van der Waals surface area contributed by atoms with Crippen molar-refractivity contribution in [1.29, 1.82) is 0 Å². The van der Waals surface area contributed by atoms with Gasteiger partial charge in [0.1, 0.15) is 11.6 Å². The third-order valence-corrected chi connectivity index (χ3v) is 7.82. The van der Waals surface area contributed by atoms with Crippen molar-refractivity contribution >= 4 is 50.5 Å². The normalized spacial score (nSPS) is 16.7. The molecular formula is C26H29Cl3N2O3S. The molecule has 9 heteroatoms. The quantitative estimate of drug-likeness (QED) is 0.287. The summed E-state index contributed by atoms with van der Waals surface area (Å²) in [7, 11) is -3.58. The van der Waals surface area contributed by atoms with Gasteiger partial charge in [-0.15, -0.1) is 0 Å². The molecule has 0 radical (unpaired) electrons. The lowest BCUT2D eigenvalue weighted by Gasteiger charge is -2.31. The van der Waals surface area contributed by atoms with Crippen molar-refractivity contribution in [3.05, 3.63) is 80.8 Å². The van der Waals surface area contributed by atoms with Gasteiger partial charge in [0.2, 0.25) is 0 Å². The van der Waals surface area contributed by atoms with E-state index in [2.05, 4.69) is 11.4 Å². The summed E-state index contributed by atoms with van der Waals surface area (Å²) >= 11 is 18.5. The molecule has 0 aromatic heterocycles. The Morgan fingerprint density at radius 1 is 1.17 bits per heavy atom. The predicted molar refractivity (Wildman–Crippen MR) is 146 cm³/mol. The van der Waals surface area contributed by atoms with Crippen LogP contribution in [0.2, 0.25) is 10.0 Å². The van der Waals surface area contributed by atoms with Crippen LogP contribution in [0.25, 0.3) is 0 Å². The van der Waals surface area contributed by atoms with Crippen LogP contribution in [0.3, 0.4) is 0 Å². The summed E-state index contributed by atoms with van der Waals surface area (Å²) in [6.45, 7) is 6.75. The molecule has 2 aromatic rings. The number of allylic oxidation sites excluding steroid dienone is 3. The maximum absolute atomic E-state index is 12.4. The fraction of sp³-hybridized carbons (Fsp3) is 0.346. The first kappa shape index (κ1) is 27.6. The van der Waals surface area contributed by atoms with Crippen LogP contribution in [-0.4, -0.2) is 32.7 Å². The molecule has 0 saturated carbocycles. The van der Waals surface area contributed by atoms with Gasteiger partial charge in [0.05, 0.1) is 27.6 Å². The first-order valence-electron chi connectivity index (χ1n) is 11.2. The SMILES string of the molecule is CCOc1cc(Cl)c(S(C)(=O)=O)cc1/C(=N/C(C)(C)C1C=CC(Cl)=CC1)NCc1ccc(Cl)cc1. The summed E-state index contributed by atoms with van der Waals surface area (Å²) in [5.41, 5.74) is 0.968. The van der Waals surface area contributed by atoms with Crippen molar-refractivity contribution in [3.63, 3.8) is 0 Å². The molecule has 0 saturated heterocycles. The van der Waals surface area contributed by atoms with Crippen molar-refractivity contribution in [2.24, 2.45) is 10.9 Å². The standard InChI is InChI=1S/C26H29Cl3N2O3S/c1-5-34-23-15-22(29)24(35(4,32)33)14-21(23)25(30-16-17-6-10-19(27)11-7-17)31-26(2,3)18-8-12-20(28)13-9-18/h6-8,10-15,18H,5,9,16H2,1-4H3,(H,30,31). The topological polar surface area (TPSA) is 67.8 Å². The van der Waals surface area contributed by atoms with Crippen molar-refractivity contribution in [2.45, 2.75) is 44.2 Å². The van der Waals surface area contributed by atoms with Gasteiger partial charge in [-0.05, 0) is 57.0 Å². The van der Waals surface area contributed by atoms with Crippen molar-refractivity contribution < 1.29 is 13.2 Å². The average molecular weight is 556 g/mol. The fourth-order valence-electron chi connectivity index (χ4n) is 3.75. The second-order valence-electron chi connectivity index (χ2n) is 8.87. The van der Waals surface area contributed by atoms with Crippen LogP contribution in [0.5, 0.6) is 5.75 Å². The smallest absolute Gasteiger partial charge is 0.177 e. The molecule has 35 heavy (non-hydrogen) atoms. The lowest BCUT2D eigenvalue weighted by Crippen LogP contribution is -2.34. The first-order chi connectivity index (χ1) is 16.4. The Balaban J connectivity index is 2.12. The van der Waals surface area contributed by atoms with Crippen molar-refractivity contribution in [2.75, 3.05) is 12.9 Å². The molecule has 0 amide bonds. The van der Waals surface area contributed by atoms with E-state index < -0.39 is 15.4 Å². The number of hydrogen-bond donors (Lipinski definition) is 1. The van der Waals surface area contributed by atoms with Gasteiger partial charge in [0.25, 0.3) is 0 Å². The van der Waals surface area contributed by atoms with Crippen LogP contribution in [0.15, 0.2) is 69.5 Å². The van der Waals surface area contributed by atoms with Crippen LogP contribution < -0.4 is 10.1 Å². The minimum absolute atomic E-state index is 0.0173. The Hall–Kier alpha value is -1.99. The summed E-state index contributed by atoms with van der Waals surface area (Å²) in [5, 5.41) is 4.85. The van der Waals surface area contributed by atoms with E-state index in [1.807, 2.05) is 57.2 Å². The number of benzene rings is 2. The van der Waals surface area contributed by atoms with Gasteiger partial charge in [0.15, 0.2) is 9.84 Å². The summed E-state index contributed by atoms with van der Waals surface area (Å²) in [6.07, 6.45) is 7.77. The zero-order chi connectivity index (χ0) is 25.8. The highest BCUT2D eigenvalue weighted by molar-refractivity contribution is 7.90. The monoisotopic (exact) mass is 554 g/mol. The largest absolute Gasteiger partial charge is 0.493 e. The number of amidine groups is 1. The number of rotatable bonds is 8. The third kappa shape index (κ3) is 7.26. The van der Waals surface area contributed by atoms with Gasteiger partial charge < -0.3 is 10.1 Å². The number of aliphatic imine (C=N–C) groups is 1. The molecule has 5 nitrogen and oxygen atoms in total. The maximum atomic E-state index is 12.4. The lowest BCUT2D eigenvalue weighted by molar-refractivity contribution is 0.339. The second kappa shape index (κ2) is 11.4. The molecule has 1 aliphatic rings. The van der Waals surface area contributed by atoms with Crippen molar-refractivity contribution in [1.82, 2.24) is 5.32 Å². The summed E-state index contributed by atoms with van der Waals surface area (Å²) < 4.78 is 30.7. The van der Waals surface area contributed by atoms with Crippen LogP contribution in [0.4, 0.5) is 0 Å². The van der Waals surface area contributed by atoms with Crippen molar-refractivity contribution in [3.8, 4) is 5.75 Å². The number of ether oxygens (including phenoxy) is 1.